The molecule has 2 N–H and O–H groups in total. The first kappa shape index (κ1) is 16.0. The number of ether oxygens (including phenoxy) is 1. The molecular formula is C15H21N5O2. The molecule has 2 amide bonds. The van der Waals surface area contributed by atoms with Crippen molar-refractivity contribution < 1.29 is 9.53 Å². The molecule has 7 heteroatoms. The molecule has 0 saturated carbocycles. The van der Waals surface area contributed by atoms with E-state index >= 15 is 0 Å². The van der Waals surface area contributed by atoms with Crippen LogP contribution in [0.25, 0.3) is 0 Å². The summed E-state index contributed by atoms with van der Waals surface area (Å²) in [5, 5.41) is 9.83. The van der Waals surface area contributed by atoms with Crippen molar-refractivity contribution in [3.63, 3.8) is 0 Å². The van der Waals surface area contributed by atoms with E-state index in [-0.39, 0.29) is 18.1 Å². The smallest absolute Gasteiger partial charge is 0.320 e. The Balaban J connectivity index is 1.89. The van der Waals surface area contributed by atoms with Crippen LogP contribution in [0.2, 0.25) is 0 Å². The minimum Gasteiger partial charge on any atom is -0.382 e. The Bertz CT molecular complexity index is 599. The number of hydrogen-bond donors (Lipinski definition) is 2. The lowest BCUT2D eigenvalue weighted by atomic mass is 10.2. The van der Waals surface area contributed by atoms with Gasteiger partial charge in [-0.1, -0.05) is 6.07 Å². The molecule has 2 aromatic heterocycles. The molecule has 0 spiro atoms. The van der Waals surface area contributed by atoms with Gasteiger partial charge in [-0.25, -0.2) is 4.79 Å². The summed E-state index contributed by atoms with van der Waals surface area (Å²) in [7, 11) is 1.64. The summed E-state index contributed by atoms with van der Waals surface area (Å²) in [6.45, 7) is 4.43. The van der Waals surface area contributed by atoms with Crippen LogP contribution in [0, 0.1) is 0 Å². The Morgan fingerprint density at radius 1 is 1.36 bits per heavy atom. The highest BCUT2D eigenvalue weighted by molar-refractivity contribution is 5.88. The van der Waals surface area contributed by atoms with E-state index in [9.17, 15) is 4.79 Å². The number of urea groups is 1. The van der Waals surface area contributed by atoms with E-state index in [0.717, 1.165) is 5.69 Å². The summed E-state index contributed by atoms with van der Waals surface area (Å²) in [5.74, 6) is 0.494. The van der Waals surface area contributed by atoms with Crippen LogP contribution in [-0.4, -0.2) is 34.5 Å². The zero-order valence-corrected chi connectivity index (χ0v) is 13.0. The fourth-order valence-corrected chi connectivity index (χ4v) is 2.02. The molecule has 0 aliphatic heterocycles. The predicted molar refractivity (Wildman–Crippen MR) is 83.6 cm³/mol. The van der Waals surface area contributed by atoms with Gasteiger partial charge in [0.1, 0.15) is 0 Å². The predicted octanol–water partition coefficient (Wildman–Crippen LogP) is 2.37. The Morgan fingerprint density at radius 2 is 2.18 bits per heavy atom. The maximum absolute atomic E-state index is 12.0. The summed E-state index contributed by atoms with van der Waals surface area (Å²) < 4.78 is 6.83. The molecule has 0 unspecified atom stereocenters. The molecule has 2 heterocycles. The van der Waals surface area contributed by atoms with Gasteiger partial charge in [-0.05, 0) is 26.0 Å². The van der Waals surface area contributed by atoms with Crippen molar-refractivity contribution in [2.45, 2.75) is 25.9 Å². The number of nitrogens with zero attached hydrogens (tertiary/aromatic N) is 3. The number of carbonyl (C=O) groups excluding carboxylic acids is 1. The van der Waals surface area contributed by atoms with E-state index in [2.05, 4.69) is 20.7 Å². The second-order valence-electron chi connectivity index (χ2n) is 5.06. The summed E-state index contributed by atoms with van der Waals surface area (Å²) >= 11 is 0. The standard InChI is InChI=1S/C15H21N5O2/c1-11(10-22-3)20-9-7-14(19-20)18-15(21)17-12(2)13-6-4-5-8-16-13/h4-9,11-12H,10H2,1-3H3,(H2,17,18,19,21)/t11-,12+/m0/s1. The number of pyridine rings is 1. The fourth-order valence-electron chi connectivity index (χ4n) is 2.02. The molecule has 0 saturated heterocycles. The average molecular weight is 303 g/mol. The Hall–Kier alpha value is -2.41. The first-order chi connectivity index (χ1) is 10.6. The first-order valence-corrected chi connectivity index (χ1v) is 7.12. The summed E-state index contributed by atoms with van der Waals surface area (Å²) in [6, 6.07) is 6.94. The van der Waals surface area contributed by atoms with Crippen molar-refractivity contribution in [3.05, 3.63) is 42.4 Å². The molecular weight excluding hydrogens is 282 g/mol. The highest BCUT2D eigenvalue weighted by atomic mass is 16.5. The van der Waals surface area contributed by atoms with Crippen molar-refractivity contribution >= 4 is 11.8 Å². The minimum absolute atomic E-state index is 0.107. The van der Waals surface area contributed by atoms with Gasteiger partial charge in [0.2, 0.25) is 0 Å². The van der Waals surface area contributed by atoms with Crippen LogP contribution in [0.5, 0.6) is 0 Å². The Labute approximate surface area is 129 Å². The third-order valence-electron chi connectivity index (χ3n) is 3.19. The maximum atomic E-state index is 12.0. The van der Waals surface area contributed by atoms with Crippen LogP contribution < -0.4 is 10.6 Å². The molecule has 2 rings (SSSR count). The average Bonchev–Trinajstić information content (AvgIpc) is 2.96. The van der Waals surface area contributed by atoms with Crippen molar-refractivity contribution in [3.8, 4) is 0 Å². The van der Waals surface area contributed by atoms with Crippen molar-refractivity contribution in [1.29, 1.82) is 0 Å². The molecule has 0 aromatic carbocycles. The number of anilines is 1. The normalized spacial score (nSPS) is 13.4. The van der Waals surface area contributed by atoms with Gasteiger partial charge >= 0.3 is 6.03 Å². The van der Waals surface area contributed by atoms with E-state index in [4.69, 9.17) is 4.74 Å². The highest BCUT2D eigenvalue weighted by Gasteiger charge is 2.12. The molecule has 22 heavy (non-hydrogen) atoms. The molecule has 0 fully saturated rings. The van der Waals surface area contributed by atoms with Gasteiger partial charge in [0.05, 0.1) is 24.4 Å². The van der Waals surface area contributed by atoms with E-state index in [1.54, 1.807) is 24.1 Å². The highest BCUT2D eigenvalue weighted by Crippen LogP contribution is 2.11. The van der Waals surface area contributed by atoms with Gasteiger partial charge in [0.15, 0.2) is 5.82 Å². The van der Waals surface area contributed by atoms with Crippen molar-refractivity contribution in [1.82, 2.24) is 20.1 Å². The van der Waals surface area contributed by atoms with Gasteiger partial charge in [-0.15, -0.1) is 0 Å². The number of aromatic nitrogens is 3. The third-order valence-corrected chi connectivity index (χ3v) is 3.19. The second kappa shape index (κ2) is 7.56. The maximum Gasteiger partial charge on any atom is 0.320 e. The molecule has 2 atom stereocenters. The van der Waals surface area contributed by atoms with Crippen molar-refractivity contribution in [2.75, 3.05) is 19.0 Å². The van der Waals surface area contributed by atoms with Crippen LogP contribution in [-0.2, 0) is 4.74 Å². The molecule has 118 valence electrons. The third kappa shape index (κ3) is 4.29. The topological polar surface area (TPSA) is 81.1 Å². The van der Waals surface area contributed by atoms with Crippen LogP contribution in [0.15, 0.2) is 36.7 Å². The lowest BCUT2D eigenvalue weighted by Crippen LogP contribution is -2.31. The number of nitrogens with one attached hydrogen (secondary N) is 2. The number of amides is 2. The van der Waals surface area contributed by atoms with E-state index in [1.807, 2.05) is 38.2 Å². The van der Waals surface area contributed by atoms with Crippen LogP contribution in [0.4, 0.5) is 10.6 Å². The van der Waals surface area contributed by atoms with Crippen LogP contribution in [0.1, 0.15) is 31.6 Å². The van der Waals surface area contributed by atoms with Crippen LogP contribution >= 0.6 is 0 Å². The second-order valence-corrected chi connectivity index (χ2v) is 5.06. The molecule has 0 aliphatic carbocycles. The first-order valence-electron chi connectivity index (χ1n) is 7.12. The zero-order valence-electron chi connectivity index (χ0n) is 13.0. The van der Waals surface area contributed by atoms with E-state index in [0.29, 0.717) is 12.4 Å². The molecule has 0 bridgehead atoms. The molecule has 7 nitrogen and oxygen atoms in total. The quantitative estimate of drug-likeness (QED) is 0.858. The lowest BCUT2D eigenvalue weighted by Gasteiger charge is -2.13. The van der Waals surface area contributed by atoms with Crippen molar-refractivity contribution in [2.24, 2.45) is 0 Å². The Morgan fingerprint density at radius 3 is 2.86 bits per heavy atom. The fraction of sp³-hybridized carbons (Fsp3) is 0.400. The van der Waals surface area contributed by atoms with Gasteiger partial charge < -0.3 is 10.1 Å². The number of rotatable bonds is 6. The number of methoxy groups -OCH3 is 1. The van der Waals surface area contributed by atoms with E-state index < -0.39 is 0 Å². The summed E-state index contributed by atoms with van der Waals surface area (Å²) in [4.78, 5) is 16.2. The van der Waals surface area contributed by atoms with Gasteiger partial charge in [-0.3, -0.25) is 15.0 Å². The van der Waals surface area contributed by atoms with Gasteiger partial charge in [0, 0.05) is 25.6 Å². The largest absolute Gasteiger partial charge is 0.382 e. The SMILES string of the molecule is COC[C@H](C)n1ccc(NC(=O)N[C@H](C)c2ccccn2)n1. The molecule has 0 aliphatic rings. The van der Waals surface area contributed by atoms with Gasteiger partial charge in [0.25, 0.3) is 0 Å². The summed E-state index contributed by atoms with van der Waals surface area (Å²) in [6.07, 6.45) is 3.51. The monoisotopic (exact) mass is 303 g/mol. The molecule has 2 aromatic rings. The summed E-state index contributed by atoms with van der Waals surface area (Å²) in [5.41, 5.74) is 0.803. The Kier molecular flexibility index (Phi) is 5.48. The number of carbonyl (C=O) groups is 1. The van der Waals surface area contributed by atoms with E-state index in [1.165, 1.54) is 0 Å². The lowest BCUT2D eigenvalue weighted by molar-refractivity contribution is 0.157. The zero-order chi connectivity index (χ0) is 15.9. The van der Waals surface area contributed by atoms with Gasteiger partial charge in [-0.2, -0.15) is 5.10 Å². The molecule has 0 radical (unpaired) electrons. The number of hydrogen-bond acceptors (Lipinski definition) is 4. The van der Waals surface area contributed by atoms with Crippen LogP contribution in [0.3, 0.4) is 0 Å². The minimum atomic E-state index is -0.317.